The molecule has 0 aromatic heterocycles. The molecule has 2 aromatic carbocycles. The Balaban J connectivity index is 2.07. The van der Waals surface area contributed by atoms with Gasteiger partial charge >= 0.3 is 0 Å². The number of hydrogen-bond acceptors (Lipinski definition) is 2. The van der Waals surface area contributed by atoms with Crippen LogP contribution in [0.3, 0.4) is 0 Å². The van der Waals surface area contributed by atoms with Gasteiger partial charge in [0.2, 0.25) is 0 Å². The summed E-state index contributed by atoms with van der Waals surface area (Å²) in [5.41, 5.74) is 9.18. The molecule has 2 heteroatoms. The highest BCUT2D eigenvalue weighted by Crippen LogP contribution is 2.44. The molecule has 0 fully saturated rings. The third kappa shape index (κ3) is 2.84. The summed E-state index contributed by atoms with van der Waals surface area (Å²) in [6.45, 7) is 4.45. The Labute approximate surface area is 145 Å². The minimum atomic E-state index is 0.920. The van der Waals surface area contributed by atoms with Crippen LogP contribution < -0.4 is 9.64 Å². The molecular weight excluding hydrogens is 294 g/mol. The van der Waals surface area contributed by atoms with Crippen molar-refractivity contribution in [2.24, 2.45) is 0 Å². The zero-order valence-electron chi connectivity index (χ0n) is 15.2. The summed E-state index contributed by atoms with van der Waals surface area (Å²) in [6.07, 6.45) is 3.33. The van der Waals surface area contributed by atoms with Crippen molar-refractivity contribution < 1.29 is 4.74 Å². The molecule has 0 atom stereocenters. The molecule has 24 heavy (non-hydrogen) atoms. The van der Waals surface area contributed by atoms with Gasteiger partial charge in [-0.05, 0) is 77.1 Å². The highest BCUT2D eigenvalue weighted by molar-refractivity contribution is 6.05. The summed E-state index contributed by atoms with van der Waals surface area (Å²) in [5.74, 6) is 0.920. The van der Waals surface area contributed by atoms with Crippen LogP contribution >= 0.6 is 0 Å². The van der Waals surface area contributed by atoms with Gasteiger partial charge in [-0.25, -0.2) is 0 Å². The lowest BCUT2D eigenvalue weighted by molar-refractivity contribution is 0.414. The maximum atomic E-state index is 5.41. The average molecular weight is 319 g/mol. The van der Waals surface area contributed by atoms with Crippen molar-refractivity contribution in [3.05, 3.63) is 64.7 Å². The van der Waals surface area contributed by atoms with E-state index in [1.54, 1.807) is 7.11 Å². The van der Waals surface area contributed by atoms with E-state index in [2.05, 4.69) is 75.3 Å². The van der Waals surface area contributed by atoms with Crippen LogP contribution in [0.5, 0.6) is 5.75 Å². The Morgan fingerprint density at radius 2 is 1.71 bits per heavy atom. The number of methoxy groups -OCH3 is 1. The predicted molar refractivity (Wildman–Crippen MR) is 105 cm³/mol. The van der Waals surface area contributed by atoms with Crippen molar-refractivity contribution in [3.63, 3.8) is 0 Å². The molecule has 0 amide bonds. The first-order chi connectivity index (χ1) is 11.5. The third-order valence-corrected chi connectivity index (χ3v) is 4.77. The van der Waals surface area contributed by atoms with Crippen molar-refractivity contribution in [1.29, 1.82) is 0 Å². The molecule has 3 rings (SSSR count). The van der Waals surface area contributed by atoms with Crippen LogP contribution in [-0.4, -0.2) is 21.2 Å². The highest BCUT2D eigenvalue weighted by Gasteiger charge is 2.22. The van der Waals surface area contributed by atoms with E-state index < -0.39 is 0 Å². The average Bonchev–Trinajstić information content (AvgIpc) is 2.86. The minimum absolute atomic E-state index is 0.920. The van der Waals surface area contributed by atoms with Gasteiger partial charge in [-0.15, -0.1) is 0 Å². The third-order valence-electron chi connectivity index (χ3n) is 4.77. The van der Waals surface area contributed by atoms with Crippen LogP contribution in [0.4, 0.5) is 5.69 Å². The Morgan fingerprint density at radius 1 is 1.00 bits per heavy atom. The monoisotopic (exact) mass is 319 g/mol. The van der Waals surface area contributed by atoms with Crippen molar-refractivity contribution in [1.82, 2.24) is 0 Å². The molecule has 0 N–H and O–H groups in total. The van der Waals surface area contributed by atoms with Gasteiger partial charge in [0.1, 0.15) is 5.75 Å². The van der Waals surface area contributed by atoms with Crippen LogP contribution in [0.25, 0.3) is 17.2 Å². The first kappa shape index (κ1) is 16.4. The van der Waals surface area contributed by atoms with Gasteiger partial charge < -0.3 is 9.64 Å². The number of allylic oxidation sites excluding steroid dienone is 3. The quantitative estimate of drug-likeness (QED) is 0.738. The SMILES string of the molecule is CCC1=C(C)/C(=C/c2ccc(N(C)C)cc2)c2ccc(OC)cc21. The molecule has 0 unspecified atom stereocenters. The normalized spacial score (nSPS) is 15.0. The molecule has 0 spiro atoms. The van der Waals surface area contributed by atoms with E-state index in [0.29, 0.717) is 0 Å². The highest BCUT2D eigenvalue weighted by atomic mass is 16.5. The molecule has 2 nitrogen and oxygen atoms in total. The maximum Gasteiger partial charge on any atom is 0.119 e. The number of rotatable bonds is 4. The summed E-state index contributed by atoms with van der Waals surface area (Å²) >= 11 is 0. The van der Waals surface area contributed by atoms with Gasteiger partial charge in [0.15, 0.2) is 0 Å². The molecule has 0 aliphatic heterocycles. The second-order valence-electron chi connectivity index (χ2n) is 6.41. The molecule has 1 aliphatic carbocycles. The maximum absolute atomic E-state index is 5.41. The van der Waals surface area contributed by atoms with E-state index in [9.17, 15) is 0 Å². The Kier molecular flexibility index (Phi) is 4.48. The molecule has 0 saturated carbocycles. The lowest BCUT2D eigenvalue weighted by Crippen LogP contribution is -2.07. The zero-order chi connectivity index (χ0) is 17.3. The van der Waals surface area contributed by atoms with Crippen molar-refractivity contribution in [2.75, 3.05) is 26.1 Å². The molecular formula is C22H25NO. The lowest BCUT2D eigenvalue weighted by atomic mass is 10.0. The molecule has 2 aromatic rings. The van der Waals surface area contributed by atoms with E-state index >= 15 is 0 Å². The predicted octanol–water partition coefficient (Wildman–Crippen LogP) is 5.50. The Bertz CT molecular complexity index is 810. The van der Waals surface area contributed by atoms with Gasteiger partial charge in [0.05, 0.1) is 7.11 Å². The van der Waals surface area contributed by atoms with Gasteiger partial charge in [-0.1, -0.05) is 25.1 Å². The fraction of sp³-hybridized carbons (Fsp3) is 0.273. The summed E-state index contributed by atoms with van der Waals surface area (Å²) in [7, 11) is 5.85. The number of fused-ring (bicyclic) bond motifs is 1. The van der Waals surface area contributed by atoms with E-state index in [0.717, 1.165) is 12.2 Å². The van der Waals surface area contributed by atoms with Crippen LogP contribution in [-0.2, 0) is 0 Å². The van der Waals surface area contributed by atoms with Crippen molar-refractivity contribution in [2.45, 2.75) is 20.3 Å². The second-order valence-corrected chi connectivity index (χ2v) is 6.41. The van der Waals surface area contributed by atoms with Crippen LogP contribution in [0.1, 0.15) is 37.0 Å². The largest absolute Gasteiger partial charge is 0.497 e. The molecule has 0 radical (unpaired) electrons. The van der Waals surface area contributed by atoms with E-state index in [1.165, 1.54) is 39.1 Å². The van der Waals surface area contributed by atoms with E-state index in [1.807, 2.05) is 6.07 Å². The first-order valence-corrected chi connectivity index (χ1v) is 8.43. The van der Waals surface area contributed by atoms with Crippen molar-refractivity contribution >= 4 is 22.9 Å². The smallest absolute Gasteiger partial charge is 0.119 e. The standard InChI is InChI=1S/C22H25NO/c1-6-19-15(2)21(20-12-11-18(24-5)14-22(19)20)13-16-7-9-17(10-8-16)23(3)4/h7-14H,6H2,1-5H3/b21-13-. The second kappa shape index (κ2) is 6.56. The van der Waals surface area contributed by atoms with Crippen LogP contribution in [0.15, 0.2) is 48.0 Å². The van der Waals surface area contributed by atoms with Crippen molar-refractivity contribution in [3.8, 4) is 5.75 Å². The van der Waals surface area contributed by atoms with Crippen LogP contribution in [0.2, 0.25) is 0 Å². The minimum Gasteiger partial charge on any atom is -0.497 e. The van der Waals surface area contributed by atoms with Crippen LogP contribution in [0, 0.1) is 0 Å². The Morgan fingerprint density at radius 3 is 2.29 bits per heavy atom. The van der Waals surface area contributed by atoms with Gasteiger partial charge in [-0.3, -0.25) is 0 Å². The van der Waals surface area contributed by atoms with Gasteiger partial charge in [0.25, 0.3) is 0 Å². The molecule has 0 bridgehead atoms. The topological polar surface area (TPSA) is 12.5 Å². The Hall–Kier alpha value is -2.48. The fourth-order valence-electron chi connectivity index (χ4n) is 3.38. The summed E-state index contributed by atoms with van der Waals surface area (Å²) < 4.78 is 5.41. The zero-order valence-corrected chi connectivity index (χ0v) is 15.2. The number of benzene rings is 2. The number of hydrogen-bond donors (Lipinski definition) is 0. The summed E-state index contributed by atoms with van der Waals surface area (Å²) in [5, 5.41) is 0. The lowest BCUT2D eigenvalue weighted by Gasteiger charge is -2.12. The van der Waals surface area contributed by atoms with Gasteiger partial charge in [-0.2, -0.15) is 0 Å². The fourth-order valence-corrected chi connectivity index (χ4v) is 3.38. The molecule has 0 heterocycles. The summed E-state index contributed by atoms with van der Waals surface area (Å²) in [4.78, 5) is 2.12. The van der Waals surface area contributed by atoms with E-state index in [4.69, 9.17) is 4.74 Å². The number of anilines is 1. The molecule has 124 valence electrons. The molecule has 1 aliphatic rings. The van der Waals surface area contributed by atoms with Gasteiger partial charge in [0, 0.05) is 19.8 Å². The van der Waals surface area contributed by atoms with E-state index in [-0.39, 0.29) is 0 Å². The number of ether oxygens (including phenoxy) is 1. The molecule has 0 saturated heterocycles. The first-order valence-electron chi connectivity index (χ1n) is 8.43. The summed E-state index contributed by atoms with van der Waals surface area (Å²) in [6, 6.07) is 15.1. The number of nitrogens with zero attached hydrogens (tertiary/aromatic N) is 1.